The summed E-state index contributed by atoms with van der Waals surface area (Å²) in [6.45, 7) is 5.85. The van der Waals surface area contributed by atoms with Crippen molar-refractivity contribution in [3.8, 4) is 0 Å². The van der Waals surface area contributed by atoms with E-state index in [0.717, 1.165) is 50.9 Å². The molecule has 1 aromatic carbocycles. The van der Waals surface area contributed by atoms with Gasteiger partial charge in [0.05, 0.1) is 24.9 Å². The van der Waals surface area contributed by atoms with Gasteiger partial charge in [0.15, 0.2) is 5.13 Å². The quantitative estimate of drug-likeness (QED) is 0.826. The summed E-state index contributed by atoms with van der Waals surface area (Å²) in [5, 5.41) is 12.3. The Morgan fingerprint density at radius 3 is 2.64 bits per heavy atom. The van der Waals surface area contributed by atoms with Gasteiger partial charge >= 0.3 is 0 Å². The van der Waals surface area contributed by atoms with Crippen LogP contribution in [-0.4, -0.2) is 79.5 Å². The summed E-state index contributed by atoms with van der Waals surface area (Å²) >= 11 is 1.76. The molecule has 28 heavy (non-hydrogen) atoms. The molecule has 2 saturated heterocycles. The highest BCUT2D eigenvalue weighted by Crippen LogP contribution is 2.38. The molecule has 152 valence electrons. The highest BCUT2D eigenvalue weighted by molar-refractivity contribution is 7.15. The Morgan fingerprint density at radius 2 is 1.96 bits per heavy atom. The Bertz CT molecular complexity index is 763. The normalized spacial score (nSPS) is 26.7. The number of aliphatic hydroxyl groups is 1. The average Bonchev–Trinajstić information content (AvgIpc) is 3.18. The van der Waals surface area contributed by atoms with Crippen molar-refractivity contribution in [3.63, 3.8) is 0 Å². The number of aromatic nitrogens is 1. The SMILES string of the molecule is CN(C)[C@]1(c2ccccc2)CCN(Cc2cnc(N3CCOCC3)s2)C[C@H]1O. The third kappa shape index (κ3) is 3.82. The van der Waals surface area contributed by atoms with Crippen LogP contribution in [0, 0.1) is 0 Å². The van der Waals surface area contributed by atoms with Gasteiger partial charge in [0.2, 0.25) is 0 Å². The Balaban J connectivity index is 1.43. The lowest BCUT2D eigenvalue weighted by Gasteiger charge is -2.49. The van der Waals surface area contributed by atoms with Gasteiger partial charge in [-0.25, -0.2) is 4.98 Å². The Kier molecular flexibility index (Phi) is 5.99. The molecule has 0 aliphatic carbocycles. The van der Waals surface area contributed by atoms with Gasteiger partial charge in [-0.05, 0) is 26.1 Å². The minimum absolute atomic E-state index is 0.329. The zero-order valence-electron chi connectivity index (χ0n) is 16.8. The average molecular weight is 403 g/mol. The first kappa shape index (κ1) is 19.8. The zero-order valence-corrected chi connectivity index (χ0v) is 17.6. The smallest absolute Gasteiger partial charge is 0.185 e. The molecule has 1 N–H and O–H groups in total. The van der Waals surface area contributed by atoms with Crippen LogP contribution < -0.4 is 4.90 Å². The van der Waals surface area contributed by atoms with Gasteiger partial charge in [-0.15, -0.1) is 11.3 Å². The number of hydrogen-bond donors (Lipinski definition) is 1. The highest BCUT2D eigenvalue weighted by atomic mass is 32.1. The zero-order chi connectivity index (χ0) is 19.6. The predicted octanol–water partition coefficient (Wildman–Crippen LogP) is 2.00. The maximum atomic E-state index is 11.2. The molecule has 0 unspecified atom stereocenters. The molecule has 0 radical (unpaired) electrons. The minimum Gasteiger partial charge on any atom is -0.389 e. The second kappa shape index (κ2) is 8.47. The molecule has 0 spiro atoms. The van der Waals surface area contributed by atoms with Crippen molar-refractivity contribution < 1.29 is 9.84 Å². The minimum atomic E-state index is -0.440. The first-order valence-corrected chi connectivity index (χ1v) is 10.8. The molecule has 4 rings (SSSR count). The topological polar surface area (TPSA) is 52.1 Å². The van der Waals surface area contributed by atoms with Crippen LogP contribution in [0.15, 0.2) is 36.5 Å². The standard InChI is InChI=1S/C21H30N4O2S/c1-23(2)21(17-6-4-3-5-7-17)8-9-24(16-19(21)26)15-18-14-22-20(28-18)25-10-12-27-13-11-25/h3-7,14,19,26H,8-13,15-16H2,1-2H3/t19-,21+/m1/s1. The van der Waals surface area contributed by atoms with E-state index in [0.29, 0.717) is 6.54 Å². The number of likely N-dealkylation sites (tertiary alicyclic amines) is 1. The van der Waals surface area contributed by atoms with Crippen molar-refractivity contribution in [2.24, 2.45) is 0 Å². The van der Waals surface area contributed by atoms with Gasteiger partial charge in [-0.3, -0.25) is 9.80 Å². The number of likely N-dealkylation sites (N-methyl/N-ethyl adjacent to an activating group) is 1. The molecule has 2 fully saturated rings. The maximum absolute atomic E-state index is 11.2. The number of morpholine rings is 1. The molecular formula is C21H30N4O2S. The molecule has 7 heteroatoms. The molecule has 2 aliphatic heterocycles. The number of rotatable bonds is 5. The summed E-state index contributed by atoms with van der Waals surface area (Å²) in [7, 11) is 4.15. The number of nitrogens with zero attached hydrogens (tertiary/aromatic N) is 4. The fourth-order valence-corrected chi connectivity index (χ4v) is 5.46. The Morgan fingerprint density at radius 1 is 1.21 bits per heavy atom. The maximum Gasteiger partial charge on any atom is 0.185 e. The van der Waals surface area contributed by atoms with Gasteiger partial charge in [0, 0.05) is 43.8 Å². The molecule has 2 aliphatic rings. The fourth-order valence-electron chi connectivity index (χ4n) is 4.46. The van der Waals surface area contributed by atoms with E-state index in [1.165, 1.54) is 10.4 Å². The van der Waals surface area contributed by atoms with E-state index in [1.54, 1.807) is 11.3 Å². The first-order chi connectivity index (χ1) is 13.6. The van der Waals surface area contributed by atoms with Crippen molar-refractivity contribution in [1.82, 2.24) is 14.8 Å². The van der Waals surface area contributed by atoms with Crippen LogP contribution in [0.1, 0.15) is 16.9 Å². The summed E-state index contributed by atoms with van der Waals surface area (Å²) < 4.78 is 5.43. The highest BCUT2D eigenvalue weighted by Gasteiger charge is 2.45. The molecule has 2 aromatic rings. The van der Waals surface area contributed by atoms with Crippen LogP contribution >= 0.6 is 11.3 Å². The van der Waals surface area contributed by atoms with E-state index >= 15 is 0 Å². The molecular weight excluding hydrogens is 372 g/mol. The number of anilines is 1. The fraction of sp³-hybridized carbons (Fsp3) is 0.571. The van der Waals surface area contributed by atoms with Crippen LogP contribution in [0.5, 0.6) is 0 Å². The van der Waals surface area contributed by atoms with Gasteiger partial charge in [0.25, 0.3) is 0 Å². The van der Waals surface area contributed by atoms with Crippen molar-refractivity contribution in [2.45, 2.75) is 24.6 Å². The van der Waals surface area contributed by atoms with Crippen LogP contribution in [0.2, 0.25) is 0 Å². The number of benzene rings is 1. The molecule has 0 bridgehead atoms. The lowest BCUT2D eigenvalue weighted by Crippen LogP contribution is -2.59. The van der Waals surface area contributed by atoms with Crippen molar-refractivity contribution in [1.29, 1.82) is 0 Å². The van der Waals surface area contributed by atoms with Crippen LogP contribution in [-0.2, 0) is 16.8 Å². The Hall–Kier alpha value is -1.51. The number of aliphatic hydroxyl groups excluding tert-OH is 1. The van der Waals surface area contributed by atoms with Crippen LogP contribution in [0.25, 0.3) is 0 Å². The second-order valence-electron chi connectivity index (χ2n) is 7.89. The van der Waals surface area contributed by atoms with E-state index in [2.05, 4.69) is 58.0 Å². The summed E-state index contributed by atoms with van der Waals surface area (Å²) in [6, 6.07) is 10.4. The summed E-state index contributed by atoms with van der Waals surface area (Å²) in [5.41, 5.74) is 0.865. The van der Waals surface area contributed by atoms with Crippen LogP contribution in [0.3, 0.4) is 0 Å². The second-order valence-corrected chi connectivity index (χ2v) is 8.99. The Labute approximate surface area is 171 Å². The number of hydrogen-bond acceptors (Lipinski definition) is 7. The predicted molar refractivity (Wildman–Crippen MR) is 113 cm³/mol. The van der Waals surface area contributed by atoms with E-state index in [4.69, 9.17) is 4.74 Å². The molecule has 1 aromatic heterocycles. The number of β-amino-alcohol motifs (C(OH)–C–C–N with tert-alkyl or cyclic N) is 1. The molecule has 0 amide bonds. The molecule has 0 saturated carbocycles. The third-order valence-corrected chi connectivity index (χ3v) is 7.11. The van der Waals surface area contributed by atoms with E-state index in [1.807, 2.05) is 12.3 Å². The molecule has 6 nitrogen and oxygen atoms in total. The van der Waals surface area contributed by atoms with Crippen molar-refractivity contribution in [2.75, 3.05) is 58.4 Å². The van der Waals surface area contributed by atoms with Gasteiger partial charge in [0.1, 0.15) is 0 Å². The van der Waals surface area contributed by atoms with Gasteiger partial charge in [-0.1, -0.05) is 30.3 Å². The summed E-state index contributed by atoms with van der Waals surface area (Å²) in [6.07, 6.45) is 2.46. The summed E-state index contributed by atoms with van der Waals surface area (Å²) in [5.74, 6) is 0. The third-order valence-electron chi connectivity index (χ3n) is 6.07. The monoisotopic (exact) mass is 402 g/mol. The van der Waals surface area contributed by atoms with Crippen molar-refractivity contribution >= 4 is 16.5 Å². The van der Waals surface area contributed by atoms with Gasteiger partial charge < -0.3 is 14.7 Å². The molecule has 3 heterocycles. The van der Waals surface area contributed by atoms with Crippen LogP contribution in [0.4, 0.5) is 5.13 Å². The van der Waals surface area contributed by atoms with E-state index in [-0.39, 0.29) is 5.54 Å². The first-order valence-electron chi connectivity index (χ1n) is 10.0. The lowest BCUT2D eigenvalue weighted by atomic mass is 9.77. The van der Waals surface area contributed by atoms with E-state index < -0.39 is 6.10 Å². The number of thiazole rings is 1. The summed E-state index contributed by atoms with van der Waals surface area (Å²) in [4.78, 5) is 12.7. The van der Waals surface area contributed by atoms with E-state index in [9.17, 15) is 5.11 Å². The largest absolute Gasteiger partial charge is 0.389 e. The number of piperidine rings is 1. The lowest BCUT2D eigenvalue weighted by molar-refractivity contribution is -0.0701. The van der Waals surface area contributed by atoms with Crippen molar-refractivity contribution in [3.05, 3.63) is 47.0 Å². The number of ether oxygens (including phenoxy) is 1. The van der Waals surface area contributed by atoms with Gasteiger partial charge in [-0.2, -0.15) is 0 Å². The molecule has 2 atom stereocenters.